The largest absolute Gasteiger partial charge is 0.497 e. The van der Waals surface area contributed by atoms with Crippen molar-refractivity contribution in [1.82, 2.24) is 19.7 Å². The van der Waals surface area contributed by atoms with Crippen molar-refractivity contribution >= 4 is 39.4 Å². The van der Waals surface area contributed by atoms with Gasteiger partial charge in [0.05, 0.1) is 12.9 Å². The van der Waals surface area contributed by atoms with Gasteiger partial charge in [-0.25, -0.2) is 4.98 Å². The van der Waals surface area contributed by atoms with Gasteiger partial charge in [0.1, 0.15) is 11.6 Å². The van der Waals surface area contributed by atoms with Crippen LogP contribution in [-0.4, -0.2) is 38.5 Å². The van der Waals surface area contributed by atoms with Crippen LogP contribution in [0.4, 0.5) is 5.82 Å². The van der Waals surface area contributed by atoms with Crippen LogP contribution < -0.4 is 10.1 Å². The van der Waals surface area contributed by atoms with E-state index < -0.39 is 0 Å². The van der Waals surface area contributed by atoms with Crippen LogP contribution in [-0.2, 0) is 11.3 Å². The van der Waals surface area contributed by atoms with Crippen LogP contribution in [0, 0.1) is 0 Å². The van der Waals surface area contributed by atoms with Gasteiger partial charge in [-0.3, -0.25) is 9.36 Å². The quantitative estimate of drug-likeness (QED) is 0.404. The molecule has 3 aromatic rings. The molecule has 9 heteroatoms. The number of carbonyl (C=O) groups excluding carboxylic acids is 1. The molecule has 0 spiro atoms. The van der Waals surface area contributed by atoms with E-state index in [1.807, 2.05) is 34.9 Å². The molecule has 144 valence electrons. The minimum atomic E-state index is -0.170. The number of thioether (sulfide) groups is 1. The predicted octanol–water partition coefficient (Wildman–Crippen LogP) is 4.03. The van der Waals surface area contributed by atoms with E-state index in [-0.39, 0.29) is 11.7 Å². The van der Waals surface area contributed by atoms with Crippen LogP contribution in [0.5, 0.6) is 5.75 Å². The van der Waals surface area contributed by atoms with Gasteiger partial charge in [0.15, 0.2) is 11.0 Å². The zero-order chi connectivity index (χ0) is 19.9. The second kappa shape index (κ2) is 9.52. The maximum absolute atomic E-state index is 12.2. The second-order valence-electron chi connectivity index (χ2n) is 5.64. The number of benzene rings is 1. The Hall–Kier alpha value is -2.65. The van der Waals surface area contributed by atoms with E-state index in [2.05, 4.69) is 43.0 Å². The first-order valence-corrected chi connectivity index (χ1v) is 10.1. The molecule has 2 aromatic heterocycles. The Morgan fingerprint density at radius 1 is 1.36 bits per heavy atom. The van der Waals surface area contributed by atoms with E-state index in [9.17, 15) is 4.79 Å². The van der Waals surface area contributed by atoms with Crippen LogP contribution in [0.1, 0.15) is 0 Å². The Morgan fingerprint density at radius 3 is 2.93 bits per heavy atom. The van der Waals surface area contributed by atoms with Gasteiger partial charge in [-0.05, 0) is 40.2 Å². The van der Waals surface area contributed by atoms with Crippen molar-refractivity contribution < 1.29 is 9.53 Å². The molecule has 0 saturated heterocycles. The van der Waals surface area contributed by atoms with Crippen molar-refractivity contribution in [3.05, 3.63) is 59.7 Å². The molecule has 28 heavy (non-hydrogen) atoms. The topological polar surface area (TPSA) is 81.9 Å². The average molecular weight is 460 g/mol. The molecule has 0 saturated carbocycles. The van der Waals surface area contributed by atoms with Crippen LogP contribution in [0.2, 0.25) is 0 Å². The lowest BCUT2D eigenvalue weighted by Crippen LogP contribution is -2.15. The predicted molar refractivity (Wildman–Crippen MR) is 113 cm³/mol. The third kappa shape index (κ3) is 4.99. The Morgan fingerprint density at radius 2 is 2.21 bits per heavy atom. The van der Waals surface area contributed by atoms with Crippen LogP contribution >= 0.6 is 27.7 Å². The second-order valence-corrected chi connectivity index (χ2v) is 7.49. The highest BCUT2D eigenvalue weighted by Gasteiger charge is 2.15. The molecule has 0 fully saturated rings. The highest BCUT2D eigenvalue weighted by molar-refractivity contribution is 9.10. The monoisotopic (exact) mass is 459 g/mol. The fraction of sp³-hybridized carbons (Fsp3) is 0.158. The number of carbonyl (C=O) groups is 1. The van der Waals surface area contributed by atoms with Crippen molar-refractivity contribution in [2.24, 2.45) is 0 Å². The Kier molecular flexibility index (Phi) is 6.83. The SMILES string of the molecule is C=CCn1c(SCC(=O)Nc2ccc(Br)cn2)nnc1-c1cccc(OC)c1. The molecular weight excluding hydrogens is 442 g/mol. The summed E-state index contributed by atoms with van der Waals surface area (Å²) < 4.78 is 8.05. The number of allylic oxidation sites excluding steroid dienone is 1. The van der Waals surface area contributed by atoms with Crippen molar-refractivity contribution in [2.45, 2.75) is 11.7 Å². The first kappa shape index (κ1) is 20.1. The van der Waals surface area contributed by atoms with Gasteiger partial charge in [0, 0.05) is 22.8 Å². The van der Waals surface area contributed by atoms with Gasteiger partial charge < -0.3 is 10.1 Å². The average Bonchev–Trinajstić information content (AvgIpc) is 3.11. The molecule has 0 aliphatic heterocycles. The number of nitrogens with one attached hydrogen (secondary N) is 1. The van der Waals surface area contributed by atoms with E-state index in [0.717, 1.165) is 15.8 Å². The van der Waals surface area contributed by atoms with Crippen LogP contribution in [0.15, 0.2) is 64.9 Å². The zero-order valence-electron chi connectivity index (χ0n) is 15.1. The van der Waals surface area contributed by atoms with Gasteiger partial charge in [-0.2, -0.15) is 0 Å². The lowest BCUT2D eigenvalue weighted by molar-refractivity contribution is -0.113. The highest BCUT2D eigenvalue weighted by Crippen LogP contribution is 2.26. The third-order valence-electron chi connectivity index (χ3n) is 3.68. The van der Waals surface area contributed by atoms with Crippen molar-refractivity contribution in [2.75, 3.05) is 18.2 Å². The Labute approximate surface area is 175 Å². The van der Waals surface area contributed by atoms with Crippen LogP contribution in [0.25, 0.3) is 11.4 Å². The van der Waals surface area contributed by atoms with Crippen LogP contribution in [0.3, 0.4) is 0 Å². The number of hydrogen-bond acceptors (Lipinski definition) is 6. The molecule has 0 radical (unpaired) electrons. The number of aromatic nitrogens is 4. The van der Waals surface area contributed by atoms with E-state index in [4.69, 9.17) is 4.74 Å². The van der Waals surface area contributed by atoms with Gasteiger partial charge in [-0.15, -0.1) is 16.8 Å². The van der Waals surface area contributed by atoms with Crippen molar-refractivity contribution in [3.8, 4) is 17.1 Å². The first-order chi connectivity index (χ1) is 13.6. The summed E-state index contributed by atoms with van der Waals surface area (Å²) >= 11 is 4.62. The fourth-order valence-corrected chi connectivity index (χ4v) is 3.41. The Balaban J connectivity index is 1.73. The molecule has 1 aromatic carbocycles. The van der Waals surface area contributed by atoms with Crippen molar-refractivity contribution in [3.63, 3.8) is 0 Å². The summed E-state index contributed by atoms with van der Waals surface area (Å²) in [6.07, 6.45) is 3.40. The van der Waals surface area contributed by atoms with E-state index in [0.29, 0.717) is 23.3 Å². The van der Waals surface area contributed by atoms with Gasteiger partial charge >= 0.3 is 0 Å². The molecule has 0 bridgehead atoms. The van der Waals surface area contributed by atoms with E-state index in [1.54, 1.807) is 25.4 Å². The van der Waals surface area contributed by atoms with Crippen molar-refractivity contribution in [1.29, 1.82) is 0 Å². The summed E-state index contributed by atoms with van der Waals surface area (Å²) in [7, 11) is 1.62. The molecule has 0 aliphatic carbocycles. The number of halogens is 1. The maximum atomic E-state index is 12.2. The molecule has 0 unspecified atom stereocenters. The number of rotatable bonds is 8. The fourth-order valence-electron chi connectivity index (χ4n) is 2.42. The summed E-state index contributed by atoms with van der Waals surface area (Å²) in [5.41, 5.74) is 0.879. The van der Waals surface area contributed by atoms with E-state index >= 15 is 0 Å². The minimum Gasteiger partial charge on any atom is -0.497 e. The summed E-state index contributed by atoms with van der Waals surface area (Å²) in [6, 6.07) is 11.1. The third-order valence-corrected chi connectivity index (χ3v) is 5.12. The summed E-state index contributed by atoms with van der Waals surface area (Å²) in [4.78, 5) is 16.4. The first-order valence-electron chi connectivity index (χ1n) is 8.33. The Bertz CT molecular complexity index is 975. The molecule has 1 amide bonds. The molecule has 1 N–H and O–H groups in total. The van der Waals surface area contributed by atoms with Gasteiger partial charge in [0.25, 0.3) is 0 Å². The highest BCUT2D eigenvalue weighted by atomic mass is 79.9. The normalized spacial score (nSPS) is 10.5. The number of nitrogens with zero attached hydrogens (tertiary/aromatic N) is 4. The maximum Gasteiger partial charge on any atom is 0.236 e. The number of methoxy groups -OCH3 is 1. The minimum absolute atomic E-state index is 0.170. The molecule has 0 atom stereocenters. The van der Waals surface area contributed by atoms with Gasteiger partial charge in [-0.1, -0.05) is 30.0 Å². The number of hydrogen-bond donors (Lipinski definition) is 1. The lowest BCUT2D eigenvalue weighted by atomic mass is 10.2. The summed E-state index contributed by atoms with van der Waals surface area (Å²) in [6.45, 7) is 4.33. The molecule has 3 rings (SSSR count). The summed E-state index contributed by atoms with van der Waals surface area (Å²) in [5, 5.41) is 11.9. The number of anilines is 1. The molecule has 0 aliphatic rings. The molecule has 7 nitrogen and oxygen atoms in total. The van der Waals surface area contributed by atoms with Gasteiger partial charge in [0.2, 0.25) is 5.91 Å². The molecular formula is C19H18BrN5O2S. The lowest BCUT2D eigenvalue weighted by Gasteiger charge is -2.09. The number of amides is 1. The zero-order valence-corrected chi connectivity index (χ0v) is 17.5. The molecule has 2 heterocycles. The van der Waals surface area contributed by atoms with E-state index in [1.165, 1.54) is 11.8 Å². The number of pyridine rings is 1. The standard InChI is InChI=1S/C19H18BrN5O2S/c1-3-9-25-18(13-5-4-6-15(10-13)27-2)23-24-19(25)28-12-17(26)22-16-8-7-14(20)11-21-16/h3-8,10-11H,1,9,12H2,2H3,(H,21,22,26). The summed E-state index contributed by atoms with van der Waals surface area (Å²) in [5.74, 6) is 1.94. The smallest absolute Gasteiger partial charge is 0.236 e. The number of ether oxygens (including phenoxy) is 1.